The van der Waals surface area contributed by atoms with Gasteiger partial charge in [0.1, 0.15) is 40.0 Å². The van der Waals surface area contributed by atoms with Crippen molar-refractivity contribution in [2.24, 2.45) is 0 Å². The second kappa shape index (κ2) is 16.5. The second-order valence-corrected chi connectivity index (χ2v) is 21.3. The third-order valence-corrected chi connectivity index (χ3v) is 17.2. The van der Waals surface area contributed by atoms with E-state index in [0.29, 0.717) is 39.5 Å². The lowest BCUT2D eigenvalue weighted by atomic mass is 9.97. The van der Waals surface area contributed by atoms with Gasteiger partial charge in [0.05, 0.1) is 66.9 Å². The van der Waals surface area contributed by atoms with Crippen LogP contribution in [0.4, 0.5) is 0 Å². The highest BCUT2D eigenvalue weighted by Crippen LogP contribution is 2.51. The lowest BCUT2D eigenvalue weighted by Gasteiger charge is -2.27. The van der Waals surface area contributed by atoms with Crippen LogP contribution in [0.2, 0.25) is 0 Å². The molecule has 8 nitrogen and oxygen atoms in total. The topological polar surface area (TPSA) is 93.6 Å². The average molecular weight is 1050 g/mol. The van der Waals surface area contributed by atoms with Gasteiger partial charge < -0.3 is 27.1 Å². The number of nitrogens with zero attached hydrogens (tertiary/aromatic N) is 6. The van der Waals surface area contributed by atoms with Crippen molar-refractivity contribution in [2.75, 3.05) is 0 Å². The van der Waals surface area contributed by atoms with Crippen molar-refractivity contribution < 1.29 is 8.83 Å². The molecule has 0 unspecified atom stereocenters. The molecule has 0 N–H and O–H groups in total. The molecule has 6 aromatic heterocycles. The number of hydrogen-bond donors (Lipinski definition) is 0. The Morgan fingerprint density at radius 1 is 0.280 bits per heavy atom. The second-order valence-electron chi connectivity index (χ2n) is 21.3. The van der Waals surface area contributed by atoms with Crippen molar-refractivity contribution in [3.8, 4) is 46.0 Å². The Hall–Kier alpha value is -11.6. The minimum atomic E-state index is 0.361. The van der Waals surface area contributed by atoms with Crippen LogP contribution in [0.5, 0.6) is 0 Å². The van der Waals surface area contributed by atoms with Gasteiger partial charge in [-0.05, 0) is 77.9 Å². The Balaban J connectivity index is 1.14. The maximum Gasteiger partial charge on any atom is 0.160 e. The van der Waals surface area contributed by atoms with E-state index < -0.39 is 0 Å². The number of rotatable bonds is 5. The lowest BCUT2D eigenvalue weighted by Crippen LogP contribution is -2.16. The number of para-hydroxylation sites is 8. The minimum Gasteiger partial charge on any atom is -0.456 e. The summed E-state index contributed by atoms with van der Waals surface area (Å²) in [7, 11) is 0. The predicted molar refractivity (Wildman–Crippen MR) is 333 cm³/mol. The molecule has 378 valence electrons. The number of hydrogen-bond acceptors (Lipinski definition) is 4. The fourth-order valence-corrected chi connectivity index (χ4v) is 14.0. The number of furan rings is 2. The highest BCUT2D eigenvalue weighted by Gasteiger charge is 2.35. The number of fused-ring (bicyclic) bond motifs is 19. The first kappa shape index (κ1) is 44.4. The molecule has 8 heteroatoms. The summed E-state index contributed by atoms with van der Waals surface area (Å²) in [6.45, 7) is 0. The molecule has 18 rings (SSSR count). The van der Waals surface area contributed by atoms with E-state index in [2.05, 4.69) is 237 Å². The molecular weight excluding hydrogens is 1000 g/mol. The van der Waals surface area contributed by atoms with Crippen LogP contribution in [0.25, 0.3) is 165 Å². The van der Waals surface area contributed by atoms with E-state index in [9.17, 15) is 10.5 Å². The smallest absolute Gasteiger partial charge is 0.160 e. The Labute approximate surface area is 466 Å². The highest BCUT2D eigenvalue weighted by molar-refractivity contribution is 6.24. The SMILES string of the molecule is N#Cc1c(-n2c3ccccc3c3ccccc32)c(-n2c3ccccc3c3ccccc32)c(C#N)c(-n2c3cc(-c4cccc5oc6ccccc6c45)ccc3c3ccc4c5ccccc5oc4c32)c1-n1c2ccccc2c2ccccc21. The van der Waals surface area contributed by atoms with E-state index in [1.54, 1.807) is 0 Å². The van der Waals surface area contributed by atoms with Crippen LogP contribution in [0.1, 0.15) is 11.1 Å². The molecule has 0 aliphatic heterocycles. The van der Waals surface area contributed by atoms with Crippen LogP contribution in [-0.2, 0) is 0 Å². The molecule has 0 saturated heterocycles. The molecule has 0 radical (unpaired) electrons. The molecule has 0 bridgehead atoms. The first-order valence-corrected chi connectivity index (χ1v) is 27.5. The van der Waals surface area contributed by atoms with Crippen LogP contribution in [0.3, 0.4) is 0 Å². The molecule has 0 saturated carbocycles. The normalized spacial score (nSPS) is 12.1. The molecule has 18 aromatic rings. The van der Waals surface area contributed by atoms with Crippen LogP contribution < -0.4 is 0 Å². The van der Waals surface area contributed by atoms with Crippen molar-refractivity contribution in [1.29, 1.82) is 10.5 Å². The summed E-state index contributed by atoms with van der Waals surface area (Å²) in [5, 5.41) is 37.8. The third kappa shape index (κ3) is 5.76. The highest BCUT2D eigenvalue weighted by atomic mass is 16.3. The fraction of sp³-hybridized carbons (Fsp3) is 0. The summed E-state index contributed by atoms with van der Waals surface area (Å²) in [6, 6.07) is 90.0. The molecular formula is C74H40N6O2. The van der Waals surface area contributed by atoms with Gasteiger partial charge >= 0.3 is 0 Å². The Kier molecular flexibility index (Phi) is 8.93. The van der Waals surface area contributed by atoms with E-state index in [0.717, 1.165) is 137 Å². The summed E-state index contributed by atoms with van der Waals surface area (Å²) >= 11 is 0. The zero-order valence-corrected chi connectivity index (χ0v) is 43.6. The molecule has 6 heterocycles. The van der Waals surface area contributed by atoms with E-state index in [-0.39, 0.29) is 0 Å². The Morgan fingerprint density at radius 3 is 1.12 bits per heavy atom. The van der Waals surface area contributed by atoms with Gasteiger partial charge in [0, 0.05) is 64.6 Å². The fourth-order valence-electron chi connectivity index (χ4n) is 14.0. The molecule has 82 heavy (non-hydrogen) atoms. The van der Waals surface area contributed by atoms with Crippen molar-refractivity contribution >= 4 is 131 Å². The zero-order valence-electron chi connectivity index (χ0n) is 43.6. The molecule has 12 aromatic carbocycles. The standard InChI is InChI=1S/C74H40N6O2/c75-41-56-69(77-58-27-9-1-18-45(58)46-19-2-10-28-59(46)77)70(78-60-29-11-3-20-47(60)48-21-4-12-30-61(48)78)57(42-76)72(71(56)79-62-31-13-5-22-49(62)50-23-6-14-32-63(50)79)80-64-40-43(44-26-17-35-67-68(44)55-25-8-16-34-66(55)81-67)36-37-51(64)53-38-39-54-52-24-7-15-33-65(52)82-74(54)73(53)80/h1-40H. The molecule has 0 atom stereocenters. The van der Waals surface area contributed by atoms with Gasteiger partial charge in [-0.25, -0.2) is 0 Å². The first-order chi connectivity index (χ1) is 40.7. The summed E-state index contributed by atoms with van der Waals surface area (Å²) in [5.74, 6) is 0. The first-order valence-electron chi connectivity index (χ1n) is 27.5. The van der Waals surface area contributed by atoms with E-state index in [4.69, 9.17) is 8.83 Å². The average Bonchev–Trinajstić information content (AvgIpc) is 2.47. The van der Waals surface area contributed by atoms with Crippen molar-refractivity contribution in [3.05, 3.63) is 254 Å². The van der Waals surface area contributed by atoms with Gasteiger partial charge in [-0.1, -0.05) is 176 Å². The molecule has 0 aliphatic carbocycles. The van der Waals surface area contributed by atoms with Gasteiger partial charge in [-0.3, -0.25) is 0 Å². The van der Waals surface area contributed by atoms with Crippen molar-refractivity contribution in [1.82, 2.24) is 18.3 Å². The van der Waals surface area contributed by atoms with E-state index in [1.165, 1.54) is 0 Å². The Morgan fingerprint density at radius 2 is 0.646 bits per heavy atom. The van der Waals surface area contributed by atoms with E-state index in [1.807, 2.05) is 36.4 Å². The zero-order chi connectivity index (χ0) is 53.9. The third-order valence-electron chi connectivity index (χ3n) is 17.2. The minimum absolute atomic E-state index is 0.361. The van der Waals surface area contributed by atoms with Crippen LogP contribution in [0.15, 0.2) is 251 Å². The molecule has 0 spiro atoms. The molecule has 0 aliphatic rings. The number of benzene rings is 12. The van der Waals surface area contributed by atoms with Crippen LogP contribution >= 0.6 is 0 Å². The monoisotopic (exact) mass is 1040 g/mol. The van der Waals surface area contributed by atoms with Crippen molar-refractivity contribution in [2.45, 2.75) is 0 Å². The number of nitriles is 2. The quantitative estimate of drug-likeness (QED) is 0.172. The maximum atomic E-state index is 13.0. The molecule has 0 fully saturated rings. The number of aromatic nitrogens is 4. The van der Waals surface area contributed by atoms with Crippen LogP contribution in [0, 0.1) is 22.7 Å². The molecule has 0 amide bonds. The summed E-state index contributed by atoms with van der Waals surface area (Å²) in [6.07, 6.45) is 0. The predicted octanol–water partition coefficient (Wildman–Crippen LogP) is 19.3. The maximum absolute atomic E-state index is 13.0. The summed E-state index contributed by atoms with van der Waals surface area (Å²) in [5.41, 5.74) is 14.9. The van der Waals surface area contributed by atoms with Crippen LogP contribution in [-0.4, -0.2) is 18.3 Å². The largest absolute Gasteiger partial charge is 0.456 e. The summed E-state index contributed by atoms with van der Waals surface area (Å²) in [4.78, 5) is 0. The van der Waals surface area contributed by atoms with Gasteiger partial charge in [0.2, 0.25) is 0 Å². The van der Waals surface area contributed by atoms with E-state index >= 15 is 0 Å². The summed E-state index contributed by atoms with van der Waals surface area (Å²) < 4.78 is 22.7. The van der Waals surface area contributed by atoms with Gasteiger partial charge in [0.25, 0.3) is 0 Å². The van der Waals surface area contributed by atoms with Crippen molar-refractivity contribution in [3.63, 3.8) is 0 Å². The van der Waals surface area contributed by atoms with Gasteiger partial charge in [-0.15, -0.1) is 0 Å². The van der Waals surface area contributed by atoms with Gasteiger partial charge in [0.15, 0.2) is 5.58 Å². The Bertz CT molecular complexity index is 5780. The van der Waals surface area contributed by atoms with Gasteiger partial charge in [-0.2, -0.15) is 10.5 Å². The lowest BCUT2D eigenvalue weighted by molar-refractivity contribution is 0.669.